The van der Waals surface area contributed by atoms with Gasteiger partial charge in [-0.3, -0.25) is 0 Å². The first-order valence-electron chi connectivity index (χ1n) is 5.68. The van der Waals surface area contributed by atoms with E-state index in [1.54, 1.807) is 0 Å². The number of para-hydroxylation sites is 1. The zero-order valence-electron chi connectivity index (χ0n) is 10.0. The molecule has 0 aliphatic heterocycles. The summed E-state index contributed by atoms with van der Waals surface area (Å²) >= 11 is 2.27. The van der Waals surface area contributed by atoms with Gasteiger partial charge < -0.3 is 5.32 Å². The number of aromatic nitrogens is 2. The summed E-state index contributed by atoms with van der Waals surface area (Å²) in [4.78, 5) is 0. The summed E-state index contributed by atoms with van der Waals surface area (Å²) in [6.07, 6.45) is 3.90. The summed E-state index contributed by atoms with van der Waals surface area (Å²) < 4.78 is 3.08. The van der Waals surface area contributed by atoms with Gasteiger partial charge in [-0.15, -0.1) is 0 Å². The van der Waals surface area contributed by atoms with Crippen molar-refractivity contribution in [2.45, 2.75) is 26.4 Å². The van der Waals surface area contributed by atoms with Crippen LogP contribution in [0.2, 0.25) is 0 Å². The Morgan fingerprint density at radius 2 is 2.12 bits per heavy atom. The molecule has 0 aliphatic rings. The Morgan fingerprint density at radius 3 is 2.76 bits per heavy atom. The minimum Gasteiger partial charge on any atom is -0.310 e. The van der Waals surface area contributed by atoms with Gasteiger partial charge in [-0.05, 0) is 34.2 Å². The molecule has 0 atom stereocenters. The number of nitrogens with zero attached hydrogens (tertiary/aromatic N) is 2. The molecule has 1 aromatic heterocycles. The van der Waals surface area contributed by atoms with Gasteiger partial charge in [0.15, 0.2) is 0 Å². The van der Waals surface area contributed by atoms with Gasteiger partial charge in [0, 0.05) is 18.8 Å². The van der Waals surface area contributed by atoms with Gasteiger partial charge in [-0.25, -0.2) is 4.68 Å². The number of benzene rings is 1. The fraction of sp³-hybridized carbons (Fsp3) is 0.308. The van der Waals surface area contributed by atoms with E-state index in [1.807, 2.05) is 23.1 Å². The monoisotopic (exact) mass is 341 g/mol. The van der Waals surface area contributed by atoms with Crippen molar-refractivity contribution in [2.24, 2.45) is 0 Å². The molecule has 2 rings (SSSR count). The third kappa shape index (κ3) is 3.29. The van der Waals surface area contributed by atoms with Crippen LogP contribution in [0, 0.1) is 3.57 Å². The van der Waals surface area contributed by atoms with E-state index < -0.39 is 0 Å². The summed E-state index contributed by atoms with van der Waals surface area (Å²) in [6, 6.07) is 8.83. The molecule has 0 saturated carbocycles. The summed E-state index contributed by atoms with van der Waals surface area (Å²) in [5, 5.41) is 7.79. The van der Waals surface area contributed by atoms with Gasteiger partial charge in [0.2, 0.25) is 0 Å². The first-order valence-corrected chi connectivity index (χ1v) is 6.76. The lowest BCUT2D eigenvalue weighted by Gasteiger charge is -2.12. The Labute approximate surface area is 115 Å². The molecule has 0 fully saturated rings. The van der Waals surface area contributed by atoms with E-state index in [0.29, 0.717) is 6.04 Å². The fourth-order valence-electron chi connectivity index (χ4n) is 1.63. The van der Waals surface area contributed by atoms with E-state index in [-0.39, 0.29) is 0 Å². The SMILES string of the molecule is CC(C)NCc1ccccc1-n1cc(I)cn1. The van der Waals surface area contributed by atoms with Crippen molar-refractivity contribution in [3.05, 3.63) is 45.8 Å². The second kappa shape index (κ2) is 5.64. The van der Waals surface area contributed by atoms with Gasteiger partial charge in [0.05, 0.1) is 15.5 Å². The van der Waals surface area contributed by atoms with Crippen LogP contribution in [0.3, 0.4) is 0 Å². The van der Waals surface area contributed by atoms with Crippen molar-refractivity contribution in [3.63, 3.8) is 0 Å². The van der Waals surface area contributed by atoms with E-state index in [1.165, 1.54) is 5.56 Å². The Kier molecular flexibility index (Phi) is 4.17. The summed E-state index contributed by atoms with van der Waals surface area (Å²) in [5.74, 6) is 0. The van der Waals surface area contributed by atoms with Gasteiger partial charge in [-0.2, -0.15) is 5.10 Å². The fourth-order valence-corrected chi connectivity index (χ4v) is 2.02. The lowest BCUT2D eigenvalue weighted by molar-refractivity contribution is 0.586. The van der Waals surface area contributed by atoms with Crippen molar-refractivity contribution in [1.82, 2.24) is 15.1 Å². The van der Waals surface area contributed by atoms with Gasteiger partial charge in [0.25, 0.3) is 0 Å². The lowest BCUT2D eigenvalue weighted by Crippen LogP contribution is -2.22. The van der Waals surface area contributed by atoms with E-state index in [4.69, 9.17) is 0 Å². The van der Waals surface area contributed by atoms with Crippen LogP contribution in [0.1, 0.15) is 19.4 Å². The predicted octanol–water partition coefficient (Wildman–Crippen LogP) is 2.97. The molecule has 0 bridgehead atoms. The molecule has 0 saturated heterocycles. The number of halogens is 1. The minimum absolute atomic E-state index is 0.487. The van der Waals surface area contributed by atoms with Crippen LogP contribution in [0.4, 0.5) is 0 Å². The highest BCUT2D eigenvalue weighted by Gasteiger charge is 2.05. The van der Waals surface area contributed by atoms with Crippen LogP contribution in [0.15, 0.2) is 36.7 Å². The van der Waals surface area contributed by atoms with Crippen molar-refractivity contribution >= 4 is 22.6 Å². The van der Waals surface area contributed by atoms with Crippen molar-refractivity contribution < 1.29 is 0 Å². The van der Waals surface area contributed by atoms with Crippen molar-refractivity contribution in [1.29, 1.82) is 0 Å². The minimum atomic E-state index is 0.487. The molecule has 1 aromatic carbocycles. The second-order valence-electron chi connectivity index (χ2n) is 4.27. The lowest BCUT2D eigenvalue weighted by atomic mass is 10.1. The number of nitrogens with one attached hydrogen (secondary N) is 1. The predicted molar refractivity (Wildman–Crippen MR) is 78.3 cm³/mol. The molecule has 3 nitrogen and oxygen atoms in total. The van der Waals surface area contributed by atoms with Gasteiger partial charge >= 0.3 is 0 Å². The Morgan fingerprint density at radius 1 is 1.35 bits per heavy atom. The van der Waals surface area contributed by atoms with Gasteiger partial charge in [0.1, 0.15) is 0 Å². The van der Waals surface area contributed by atoms with E-state index in [9.17, 15) is 0 Å². The molecule has 1 heterocycles. The molecule has 90 valence electrons. The quantitative estimate of drug-likeness (QED) is 0.867. The maximum Gasteiger partial charge on any atom is 0.0690 e. The van der Waals surface area contributed by atoms with Crippen molar-refractivity contribution in [2.75, 3.05) is 0 Å². The van der Waals surface area contributed by atoms with Crippen molar-refractivity contribution in [3.8, 4) is 5.69 Å². The normalized spacial score (nSPS) is 11.1. The molecule has 0 spiro atoms. The zero-order valence-corrected chi connectivity index (χ0v) is 12.2. The van der Waals surface area contributed by atoms with Crippen LogP contribution in [0.25, 0.3) is 5.69 Å². The largest absolute Gasteiger partial charge is 0.310 e. The van der Waals surface area contributed by atoms with Gasteiger partial charge in [-0.1, -0.05) is 32.0 Å². The third-order valence-corrected chi connectivity index (χ3v) is 3.05. The van der Waals surface area contributed by atoms with E-state index in [0.717, 1.165) is 15.8 Å². The maximum atomic E-state index is 4.36. The standard InChI is InChI=1S/C13H16IN3/c1-10(2)15-7-11-5-3-4-6-13(11)17-9-12(14)8-16-17/h3-6,8-10,15H,7H2,1-2H3. The first-order chi connectivity index (χ1) is 8.16. The molecule has 4 heteroatoms. The van der Waals surface area contributed by atoms with Crippen LogP contribution < -0.4 is 5.32 Å². The second-order valence-corrected chi connectivity index (χ2v) is 5.51. The Hall–Kier alpha value is -0.880. The smallest absolute Gasteiger partial charge is 0.0690 e. The summed E-state index contributed by atoms with van der Waals surface area (Å²) in [6.45, 7) is 5.17. The van der Waals surface area contributed by atoms with Crippen LogP contribution >= 0.6 is 22.6 Å². The average Bonchev–Trinajstić information content (AvgIpc) is 2.73. The highest BCUT2D eigenvalue weighted by atomic mass is 127. The molecule has 0 unspecified atom stereocenters. The molecular weight excluding hydrogens is 325 g/mol. The molecule has 1 N–H and O–H groups in total. The topological polar surface area (TPSA) is 29.9 Å². The van der Waals surface area contributed by atoms with Crippen LogP contribution in [-0.2, 0) is 6.54 Å². The maximum absolute atomic E-state index is 4.36. The third-order valence-electron chi connectivity index (χ3n) is 2.49. The highest BCUT2D eigenvalue weighted by molar-refractivity contribution is 14.1. The summed E-state index contributed by atoms with van der Waals surface area (Å²) in [7, 11) is 0. The zero-order chi connectivity index (χ0) is 12.3. The van der Waals surface area contributed by atoms with E-state index in [2.05, 4.69) is 65.1 Å². The molecule has 2 aromatic rings. The van der Waals surface area contributed by atoms with Crippen LogP contribution in [0.5, 0.6) is 0 Å². The number of rotatable bonds is 4. The Bertz CT molecular complexity index is 491. The number of hydrogen-bond acceptors (Lipinski definition) is 2. The first kappa shape index (κ1) is 12.6. The summed E-state index contributed by atoms with van der Waals surface area (Å²) in [5.41, 5.74) is 2.41. The highest BCUT2D eigenvalue weighted by Crippen LogP contribution is 2.15. The molecule has 0 radical (unpaired) electrons. The Balaban J connectivity index is 2.27. The molecule has 0 aliphatic carbocycles. The number of hydrogen-bond donors (Lipinski definition) is 1. The van der Waals surface area contributed by atoms with Crippen LogP contribution in [-0.4, -0.2) is 15.8 Å². The molecular formula is C13H16IN3. The van der Waals surface area contributed by atoms with E-state index >= 15 is 0 Å². The average molecular weight is 341 g/mol. The molecule has 17 heavy (non-hydrogen) atoms. The molecule has 0 amide bonds.